The molecule has 6 heteroatoms. The summed E-state index contributed by atoms with van der Waals surface area (Å²) in [6.45, 7) is 0. The maximum absolute atomic E-state index is 4.92. The van der Waals surface area contributed by atoms with Crippen molar-refractivity contribution in [2.45, 2.75) is 0 Å². The molecule has 5 aromatic rings. The van der Waals surface area contributed by atoms with Gasteiger partial charge in [-0.1, -0.05) is 23.4 Å². The van der Waals surface area contributed by atoms with E-state index < -0.39 is 0 Å². The number of aromatic nitrogens is 5. The van der Waals surface area contributed by atoms with Gasteiger partial charge in [0.1, 0.15) is 24.6 Å². The van der Waals surface area contributed by atoms with Crippen LogP contribution in [0.4, 0.5) is 0 Å². The lowest BCUT2D eigenvalue weighted by Gasteiger charge is -2.07. The standard InChI is InChI=1S/C20H13N5O/c1-2-14(17-6-8-21-12-22-17)10-16(3-1)25-13-23-19-11-15(4-5-20(19)25)18-7-9-26-24-18/h1-13H. The van der Waals surface area contributed by atoms with Gasteiger partial charge in [0.05, 0.1) is 16.7 Å². The first-order chi connectivity index (χ1) is 12.9. The monoisotopic (exact) mass is 339 g/mol. The van der Waals surface area contributed by atoms with Crippen molar-refractivity contribution in [1.29, 1.82) is 0 Å². The summed E-state index contributed by atoms with van der Waals surface area (Å²) in [5, 5.41) is 3.98. The Morgan fingerprint density at radius 1 is 0.846 bits per heavy atom. The minimum atomic E-state index is 0.798. The molecule has 2 aromatic carbocycles. The third-order valence-corrected chi connectivity index (χ3v) is 4.28. The van der Waals surface area contributed by atoms with Gasteiger partial charge < -0.3 is 4.52 Å². The third kappa shape index (κ3) is 2.44. The number of benzene rings is 2. The summed E-state index contributed by atoms with van der Waals surface area (Å²) in [7, 11) is 0. The van der Waals surface area contributed by atoms with Gasteiger partial charge in [-0.05, 0) is 30.3 Å². The van der Waals surface area contributed by atoms with Crippen LogP contribution in [-0.2, 0) is 0 Å². The summed E-state index contributed by atoms with van der Waals surface area (Å²) in [5.74, 6) is 0. The first-order valence-corrected chi connectivity index (χ1v) is 8.13. The van der Waals surface area contributed by atoms with E-state index in [1.807, 2.05) is 48.8 Å². The fourth-order valence-electron chi connectivity index (χ4n) is 3.02. The predicted molar refractivity (Wildman–Crippen MR) is 97.6 cm³/mol. The Balaban J connectivity index is 1.59. The summed E-state index contributed by atoms with van der Waals surface area (Å²) in [4.78, 5) is 12.8. The van der Waals surface area contributed by atoms with Crippen LogP contribution in [0.1, 0.15) is 0 Å². The normalized spacial score (nSPS) is 11.1. The smallest absolute Gasteiger partial charge is 0.124 e. The SMILES string of the molecule is c1cc(-c2ccncn2)cc(-n2cnc3cc(-c4ccon4)ccc32)c1. The average Bonchev–Trinajstić information content (AvgIpc) is 3.38. The Labute approximate surface area is 148 Å². The van der Waals surface area contributed by atoms with Crippen molar-refractivity contribution >= 4 is 11.0 Å². The molecule has 0 saturated heterocycles. The zero-order chi connectivity index (χ0) is 17.3. The number of hydrogen-bond acceptors (Lipinski definition) is 5. The van der Waals surface area contributed by atoms with E-state index in [4.69, 9.17) is 4.52 Å². The lowest BCUT2D eigenvalue weighted by molar-refractivity contribution is 0.422. The van der Waals surface area contributed by atoms with E-state index in [0.717, 1.165) is 39.2 Å². The summed E-state index contributed by atoms with van der Waals surface area (Å²) < 4.78 is 6.99. The van der Waals surface area contributed by atoms with Gasteiger partial charge in [-0.3, -0.25) is 4.57 Å². The van der Waals surface area contributed by atoms with E-state index in [1.54, 1.807) is 18.8 Å². The molecule has 124 valence electrons. The van der Waals surface area contributed by atoms with Gasteiger partial charge in [0.15, 0.2) is 0 Å². The maximum atomic E-state index is 4.92. The van der Waals surface area contributed by atoms with E-state index in [-0.39, 0.29) is 0 Å². The highest BCUT2D eigenvalue weighted by Crippen LogP contribution is 2.26. The minimum Gasteiger partial charge on any atom is -0.364 e. The summed E-state index contributed by atoms with van der Waals surface area (Å²) in [5.41, 5.74) is 6.65. The van der Waals surface area contributed by atoms with Crippen molar-refractivity contribution in [2.24, 2.45) is 0 Å². The molecule has 0 unspecified atom stereocenters. The van der Waals surface area contributed by atoms with Crippen LogP contribution < -0.4 is 0 Å². The van der Waals surface area contributed by atoms with E-state index in [0.29, 0.717) is 0 Å². The Hall–Kier alpha value is -3.80. The number of hydrogen-bond donors (Lipinski definition) is 0. The van der Waals surface area contributed by atoms with Crippen molar-refractivity contribution in [3.8, 4) is 28.2 Å². The van der Waals surface area contributed by atoms with Gasteiger partial charge >= 0.3 is 0 Å². The second-order valence-electron chi connectivity index (χ2n) is 5.85. The van der Waals surface area contributed by atoms with Gasteiger partial charge in [0.2, 0.25) is 0 Å². The van der Waals surface area contributed by atoms with Crippen LogP contribution in [0.2, 0.25) is 0 Å². The molecular formula is C20H13N5O. The molecule has 0 radical (unpaired) electrons. The molecule has 0 atom stereocenters. The van der Waals surface area contributed by atoms with Gasteiger partial charge in [0, 0.05) is 29.1 Å². The molecular weight excluding hydrogens is 326 g/mol. The lowest BCUT2D eigenvalue weighted by atomic mass is 10.1. The molecule has 0 amide bonds. The highest BCUT2D eigenvalue weighted by Gasteiger charge is 2.09. The van der Waals surface area contributed by atoms with Crippen molar-refractivity contribution in [2.75, 3.05) is 0 Å². The van der Waals surface area contributed by atoms with Crippen LogP contribution in [0.25, 0.3) is 39.2 Å². The van der Waals surface area contributed by atoms with E-state index >= 15 is 0 Å². The topological polar surface area (TPSA) is 69.6 Å². The predicted octanol–water partition coefficient (Wildman–Crippen LogP) is 4.14. The lowest BCUT2D eigenvalue weighted by Crippen LogP contribution is -1.93. The molecule has 0 saturated carbocycles. The molecule has 3 heterocycles. The molecule has 0 aliphatic rings. The zero-order valence-corrected chi connectivity index (χ0v) is 13.6. The average molecular weight is 339 g/mol. The fraction of sp³-hybridized carbons (Fsp3) is 0. The Morgan fingerprint density at radius 3 is 2.65 bits per heavy atom. The van der Waals surface area contributed by atoms with E-state index in [1.165, 1.54) is 0 Å². The van der Waals surface area contributed by atoms with Crippen LogP contribution in [0.5, 0.6) is 0 Å². The largest absolute Gasteiger partial charge is 0.364 e. The van der Waals surface area contributed by atoms with Crippen LogP contribution in [0.15, 0.2) is 84.2 Å². The molecule has 6 nitrogen and oxygen atoms in total. The van der Waals surface area contributed by atoms with Gasteiger partial charge in [0.25, 0.3) is 0 Å². The van der Waals surface area contributed by atoms with E-state index in [2.05, 4.69) is 36.8 Å². The molecule has 0 spiro atoms. The molecule has 26 heavy (non-hydrogen) atoms. The van der Waals surface area contributed by atoms with Crippen LogP contribution >= 0.6 is 0 Å². The molecule has 0 aliphatic carbocycles. The minimum absolute atomic E-state index is 0.798. The second-order valence-corrected chi connectivity index (χ2v) is 5.85. The maximum Gasteiger partial charge on any atom is 0.124 e. The third-order valence-electron chi connectivity index (χ3n) is 4.28. The first kappa shape index (κ1) is 14.5. The Morgan fingerprint density at radius 2 is 1.81 bits per heavy atom. The number of nitrogens with zero attached hydrogens (tertiary/aromatic N) is 5. The Bertz CT molecular complexity index is 1180. The Kier molecular flexibility index (Phi) is 3.31. The summed E-state index contributed by atoms with van der Waals surface area (Å²) in [6.07, 6.45) is 6.69. The highest BCUT2D eigenvalue weighted by atomic mass is 16.5. The van der Waals surface area contributed by atoms with Gasteiger partial charge in [-0.25, -0.2) is 15.0 Å². The molecule has 0 N–H and O–H groups in total. The number of fused-ring (bicyclic) bond motifs is 1. The molecule has 0 fully saturated rings. The highest BCUT2D eigenvalue weighted by molar-refractivity contribution is 5.83. The van der Waals surface area contributed by atoms with Crippen LogP contribution in [-0.4, -0.2) is 24.7 Å². The molecule has 5 rings (SSSR count). The molecule has 3 aromatic heterocycles. The van der Waals surface area contributed by atoms with E-state index in [9.17, 15) is 0 Å². The van der Waals surface area contributed by atoms with Crippen LogP contribution in [0, 0.1) is 0 Å². The molecule has 0 bridgehead atoms. The van der Waals surface area contributed by atoms with Crippen molar-refractivity contribution in [3.63, 3.8) is 0 Å². The van der Waals surface area contributed by atoms with Gasteiger partial charge in [-0.15, -0.1) is 0 Å². The van der Waals surface area contributed by atoms with Crippen molar-refractivity contribution < 1.29 is 4.52 Å². The fourth-order valence-corrected chi connectivity index (χ4v) is 3.02. The number of imidazole rings is 1. The first-order valence-electron chi connectivity index (χ1n) is 8.13. The van der Waals surface area contributed by atoms with Crippen molar-refractivity contribution in [3.05, 3.63) is 79.7 Å². The molecule has 0 aliphatic heterocycles. The van der Waals surface area contributed by atoms with Gasteiger partial charge in [-0.2, -0.15) is 0 Å². The zero-order valence-electron chi connectivity index (χ0n) is 13.6. The van der Waals surface area contributed by atoms with Crippen molar-refractivity contribution in [1.82, 2.24) is 24.7 Å². The number of rotatable bonds is 3. The summed E-state index contributed by atoms with van der Waals surface area (Å²) in [6, 6.07) is 18.0. The summed E-state index contributed by atoms with van der Waals surface area (Å²) >= 11 is 0. The second kappa shape index (κ2) is 5.93. The van der Waals surface area contributed by atoms with Crippen LogP contribution in [0.3, 0.4) is 0 Å². The quantitative estimate of drug-likeness (QED) is 0.494.